The third kappa shape index (κ3) is 4.54. The molecular weight excluding hydrogens is 288 g/mol. The summed E-state index contributed by atoms with van der Waals surface area (Å²) in [6, 6.07) is 2.19. The zero-order valence-electron chi connectivity index (χ0n) is 12.3. The number of hydrogen-bond donors (Lipinski definition) is 1. The van der Waals surface area contributed by atoms with E-state index >= 15 is 0 Å². The molecule has 0 radical (unpaired) electrons. The van der Waals surface area contributed by atoms with Crippen molar-refractivity contribution in [3.8, 4) is 0 Å². The highest BCUT2D eigenvalue weighted by Gasteiger charge is 2.08. The largest absolute Gasteiger partial charge is 0.312 e. The van der Waals surface area contributed by atoms with Gasteiger partial charge in [-0.25, -0.2) is 9.97 Å². The van der Waals surface area contributed by atoms with E-state index in [1.54, 1.807) is 11.8 Å². The molecule has 0 saturated heterocycles. The lowest BCUT2D eigenvalue weighted by molar-refractivity contribution is 0.551. The Morgan fingerprint density at radius 2 is 2.15 bits per heavy atom. The molecule has 6 heteroatoms. The Kier molecular flexibility index (Phi) is 5.51. The fraction of sp³-hybridized carbons (Fsp3) is 0.500. The van der Waals surface area contributed by atoms with Crippen molar-refractivity contribution in [3.63, 3.8) is 0 Å². The molecule has 1 N–H and O–H groups in total. The fourth-order valence-corrected chi connectivity index (χ4v) is 3.32. The first-order valence-corrected chi connectivity index (χ1v) is 8.28. The molecule has 2 rings (SSSR count). The number of pyridine rings is 1. The molecular formula is C14H20N4S2. The van der Waals surface area contributed by atoms with Gasteiger partial charge in [0, 0.05) is 12.7 Å². The van der Waals surface area contributed by atoms with Gasteiger partial charge in [0.05, 0.1) is 0 Å². The summed E-state index contributed by atoms with van der Waals surface area (Å²) in [5.41, 5.74) is 2.41. The first-order valence-electron chi connectivity index (χ1n) is 6.69. The van der Waals surface area contributed by atoms with Crippen LogP contribution in [0.2, 0.25) is 0 Å². The summed E-state index contributed by atoms with van der Waals surface area (Å²) in [6.07, 6.45) is 1.94. The molecule has 0 unspecified atom stereocenters. The van der Waals surface area contributed by atoms with Gasteiger partial charge in [0.25, 0.3) is 0 Å². The molecule has 0 bridgehead atoms. The predicted molar refractivity (Wildman–Crippen MR) is 84.3 cm³/mol. The molecule has 0 aliphatic heterocycles. The molecule has 0 amide bonds. The molecule has 0 aromatic carbocycles. The third-order valence-corrected chi connectivity index (χ3v) is 4.62. The van der Waals surface area contributed by atoms with Gasteiger partial charge in [-0.2, -0.15) is 4.37 Å². The quantitative estimate of drug-likeness (QED) is 0.886. The summed E-state index contributed by atoms with van der Waals surface area (Å²) < 4.78 is 5.14. The van der Waals surface area contributed by atoms with Crippen LogP contribution < -0.4 is 5.32 Å². The number of hydrogen-bond acceptors (Lipinski definition) is 6. The van der Waals surface area contributed by atoms with E-state index in [9.17, 15) is 0 Å². The van der Waals surface area contributed by atoms with Crippen molar-refractivity contribution in [2.24, 2.45) is 5.92 Å². The third-order valence-electron chi connectivity index (χ3n) is 2.66. The molecule has 0 aliphatic rings. The number of rotatable bonds is 6. The Labute approximate surface area is 128 Å². The molecule has 2 heterocycles. The molecule has 0 fully saturated rings. The summed E-state index contributed by atoms with van der Waals surface area (Å²) in [4.78, 5) is 8.90. The van der Waals surface area contributed by atoms with Crippen LogP contribution in [0.3, 0.4) is 0 Å². The summed E-state index contributed by atoms with van der Waals surface area (Å²) in [5, 5.41) is 4.44. The van der Waals surface area contributed by atoms with Crippen molar-refractivity contribution >= 4 is 23.3 Å². The second-order valence-corrected chi connectivity index (χ2v) is 7.19. The van der Waals surface area contributed by atoms with Gasteiger partial charge in [-0.05, 0) is 60.7 Å². The van der Waals surface area contributed by atoms with Crippen LogP contribution in [0, 0.1) is 19.8 Å². The lowest BCUT2D eigenvalue weighted by atomic mass is 10.2. The Morgan fingerprint density at radius 1 is 1.35 bits per heavy atom. The minimum atomic E-state index is 0.666. The zero-order valence-corrected chi connectivity index (χ0v) is 13.9. The van der Waals surface area contributed by atoms with Crippen LogP contribution in [-0.4, -0.2) is 20.9 Å². The first-order chi connectivity index (χ1) is 9.54. The molecule has 0 aliphatic carbocycles. The van der Waals surface area contributed by atoms with Gasteiger partial charge in [-0.3, -0.25) is 0 Å². The summed E-state index contributed by atoms with van der Waals surface area (Å²) >= 11 is 3.01. The van der Waals surface area contributed by atoms with E-state index in [1.165, 1.54) is 22.7 Å². The maximum Gasteiger partial charge on any atom is 0.176 e. The number of aryl methyl sites for hydroxylation is 2. The number of nitrogens with zero attached hydrogens (tertiary/aromatic N) is 3. The van der Waals surface area contributed by atoms with Crippen molar-refractivity contribution in [3.05, 3.63) is 29.2 Å². The lowest BCUT2D eigenvalue weighted by Gasteiger charge is -2.09. The molecule has 0 spiro atoms. The van der Waals surface area contributed by atoms with Crippen molar-refractivity contribution in [1.29, 1.82) is 0 Å². The topological polar surface area (TPSA) is 50.7 Å². The average molecular weight is 308 g/mol. The van der Waals surface area contributed by atoms with Crippen molar-refractivity contribution in [2.75, 3.05) is 6.54 Å². The summed E-state index contributed by atoms with van der Waals surface area (Å²) in [6.45, 7) is 10.3. The number of nitrogens with one attached hydrogen (secondary N) is 1. The zero-order chi connectivity index (χ0) is 14.5. The molecule has 0 atom stereocenters. The Morgan fingerprint density at radius 3 is 2.75 bits per heavy atom. The van der Waals surface area contributed by atoms with Crippen LogP contribution in [0.25, 0.3) is 0 Å². The first kappa shape index (κ1) is 15.4. The van der Waals surface area contributed by atoms with Gasteiger partial charge in [-0.15, -0.1) is 0 Å². The molecule has 2 aromatic rings. The normalized spacial score (nSPS) is 11.2. The van der Waals surface area contributed by atoms with Crippen LogP contribution in [0.4, 0.5) is 0 Å². The van der Waals surface area contributed by atoms with Crippen molar-refractivity contribution in [1.82, 2.24) is 19.7 Å². The molecule has 4 nitrogen and oxygen atoms in total. The van der Waals surface area contributed by atoms with E-state index in [1.807, 2.05) is 13.1 Å². The Hall–Kier alpha value is -0.980. The van der Waals surface area contributed by atoms with E-state index in [2.05, 4.69) is 46.5 Å². The Bertz CT molecular complexity index is 566. The molecule has 108 valence electrons. The SMILES string of the molecule is Cc1nsc(Sc2ncc(CNCC(C)C)cc2C)n1. The summed E-state index contributed by atoms with van der Waals surface area (Å²) in [5.74, 6) is 1.49. The monoisotopic (exact) mass is 308 g/mol. The highest BCUT2D eigenvalue weighted by molar-refractivity contribution is 8.00. The predicted octanol–water partition coefficient (Wildman–Crippen LogP) is 3.45. The minimum absolute atomic E-state index is 0.666. The van der Waals surface area contributed by atoms with Crippen LogP contribution in [0.5, 0.6) is 0 Å². The van der Waals surface area contributed by atoms with Crippen LogP contribution >= 0.6 is 23.3 Å². The number of aromatic nitrogens is 3. The van der Waals surface area contributed by atoms with Gasteiger partial charge in [0.15, 0.2) is 4.34 Å². The van der Waals surface area contributed by atoms with E-state index in [0.717, 1.165) is 28.3 Å². The maximum atomic E-state index is 4.54. The van der Waals surface area contributed by atoms with E-state index in [-0.39, 0.29) is 0 Å². The van der Waals surface area contributed by atoms with Crippen molar-refractivity contribution < 1.29 is 0 Å². The molecule has 20 heavy (non-hydrogen) atoms. The van der Waals surface area contributed by atoms with E-state index < -0.39 is 0 Å². The molecule has 0 saturated carbocycles. The van der Waals surface area contributed by atoms with E-state index in [0.29, 0.717) is 5.92 Å². The van der Waals surface area contributed by atoms with Crippen LogP contribution in [0.15, 0.2) is 21.6 Å². The minimum Gasteiger partial charge on any atom is -0.312 e. The average Bonchev–Trinajstić information content (AvgIpc) is 2.78. The Balaban J connectivity index is 1.98. The van der Waals surface area contributed by atoms with E-state index in [4.69, 9.17) is 0 Å². The molecule has 2 aromatic heterocycles. The summed E-state index contributed by atoms with van der Waals surface area (Å²) in [7, 11) is 0. The van der Waals surface area contributed by atoms with Gasteiger partial charge < -0.3 is 5.32 Å². The lowest BCUT2D eigenvalue weighted by Crippen LogP contribution is -2.19. The highest BCUT2D eigenvalue weighted by Crippen LogP contribution is 2.29. The second-order valence-electron chi connectivity index (χ2n) is 5.20. The smallest absolute Gasteiger partial charge is 0.176 e. The standard InChI is InChI=1S/C14H20N4S2/c1-9(2)6-15-7-12-5-10(3)13(16-8-12)19-14-17-11(4)18-20-14/h5,8-9,15H,6-7H2,1-4H3. The maximum absolute atomic E-state index is 4.54. The van der Waals surface area contributed by atoms with Crippen molar-refractivity contribution in [2.45, 2.75) is 43.6 Å². The van der Waals surface area contributed by atoms with Crippen LogP contribution in [0.1, 0.15) is 30.8 Å². The van der Waals surface area contributed by atoms with Crippen LogP contribution in [-0.2, 0) is 6.54 Å². The highest BCUT2D eigenvalue weighted by atomic mass is 32.2. The second kappa shape index (κ2) is 7.15. The van der Waals surface area contributed by atoms with Gasteiger partial charge in [0.2, 0.25) is 0 Å². The van der Waals surface area contributed by atoms with Gasteiger partial charge >= 0.3 is 0 Å². The van der Waals surface area contributed by atoms with Gasteiger partial charge in [0.1, 0.15) is 10.9 Å². The fourth-order valence-electron chi connectivity index (χ4n) is 1.73. The van der Waals surface area contributed by atoms with Gasteiger partial charge in [-0.1, -0.05) is 19.9 Å².